The molecule has 3 N–H and O–H groups in total. The van der Waals surface area contributed by atoms with Gasteiger partial charge in [-0.3, -0.25) is 14.7 Å². The van der Waals surface area contributed by atoms with Crippen LogP contribution in [0.25, 0.3) is 5.69 Å². The SMILES string of the molecule is COc1cccc(-n2cnnc2SC(C(=O)NC(N)=O)C(C)C)c1. The van der Waals surface area contributed by atoms with Crippen LogP contribution in [0.3, 0.4) is 0 Å². The molecule has 1 aromatic carbocycles. The topological polar surface area (TPSA) is 112 Å². The Balaban J connectivity index is 2.28. The van der Waals surface area contributed by atoms with Crippen LogP contribution in [0.5, 0.6) is 5.75 Å². The van der Waals surface area contributed by atoms with Crippen molar-refractivity contribution in [2.75, 3.05) is 7.11 Å². The number of urea groups is 1. The van der Waals surface area contributed by atoms with Crippen LogP contribution in [0.1, 0.15) is 13.8 Å². The molecule has 9 heteroatoms. The van der Waals surface area contributed by atoms with Crippen LogP contribution in [0.2, 0.25) is 0 Å². The predicted molar refractivity (Wildman–Crippen MR) is 90.1 cm³/mol. The van der Waals surface area contributed by atoms with Crippen molar-refractivity contribution in [3.05, 3.63) is 30.6 Å². The van der Waals surface area contributed by atoms with Gasteiger partial charge in [0, 0.05) is 6.07 Å². The van der Waals surface area contributed by atoms with Gasteiger partial charge in [0.2, 0.25) is 5.91 Å². The molecule has 128 valence electrons. The second-order valence-electron chi connectivity index (χ2n) is 5.32. The minimum Gasteiger partial charge on any atom is -0.497 e. The molecule has 0 saturated heterocycles. The molecule has 24 heavy (non-hydrogen) atoms. The first-order valence-electron chi connectivity index (χ1n) is 7.23. The lowest BCUT2D eigenvalue weighted by atomic mass is 10.1. The van der Waals surface area contributed by atoms with Crippen LogP contribution in [0.4, 0.5) is 4.79 Å². The Morgan fingerprint density at radius 1 is 1.38 bits per heavy atom. The maximum Gasteiger partial charge on any atom is 0.318 e. The molecule has 8 nitrogen and oxygen atoms in total. The van der Waals surface area contributed by atoms with Crippen molar-refractivity contribution in [3.63, 3.8) is 0 Å². The summed E-state index contributed by atoms with van der Waals surface area (Å²) in [6.45, 7) is 3.76. The molecule has 1 unspecified atom stereocenters. The number of primary amides is 1. The molecule has 1 atom stereocenters. The molecule has 0 aliphatic heterocycles. The summed E-state index contributed by atoms with van der Waals surface area (Å²) in [7, 11) is 1.59. The monoisotopic (exact) mass is 349 g/mol. The third-order valence-corrected chi connectivity index (χ3v) is 4.69. The zero-order valence-electron chi connectivity index (χ0n) is 13.6. The Morgan fingerprint density at radius 2 is 2.12 bits per heavy atom. The third kappa shape index (κ3) is 4.25. The van der Waals surface area contributed by atoms with E-state index < -0.39 is 17.2 Å². The van der Waals surface area contributed by atoms with E-state index in [9.17, 15) is 9.59 Å². The summed E-state index contributed by atoms with van der Waals surface area (Å²) in [6, 6.07) is 6.52. The number of nitrogens with two attached hydrogens (primary N) is 1. The van der Waals surface area contributed by atoms with E-state index in [1.165, 1.54) is 11.8 Å². The van der Waals surface area contributed by atoms with Gasteiger partial charge in [0.1, 0.15) is 12.1 Å². The van der Waals surface area contributed by atoms with Crippen LogP contribution < -0.4 is 15.8 Å². The van der Waals surface area contributed by atoms with E-state index >= 15 is 0 Å². The number of aromatic nitrogens is 3. The smallest absolute Gasteiger partial charge is 0.318 e. The van der Waals surface area contributed by atoms with Gasteiger partial charge in [-0.15, -0.1) is 10.2 Å². The highest BCUT2D eigenvalue weighted by Gasteiger charge is 2.27. The maximum atomic E-state index is 12.2. The lowest BCUT2D eigenvalue weighted by Crippen LogP contribution is -2.42. The van der Waals surface area contributed by atoms with Crippen molar-refractivity contribution < 1.29 is 14.3 Å². The normalized spacial score (nSPS) is 12.0. The summed E-state index contributed by atoms with van der Waals surface area (Å²) in [4.78, 5) is 23.1. The summed E-state index contributed by atoms with van der Waals surface area (Å²) in [6.07, 6.45) is 1.56. The quantitative estimate of drug-likeness (QED) is 0.766. The minimum atomic E-state index is -0.875. The molecule has 3 amide bonds. The molecule has 0 saturated carbocycles. The highest BCUT2D eigenvalue weighted by atomic mass is 32.2. The number of methoxy groups -OCH3 is 1. The first-order valence-corrected chi connectivity index (χ1v) is 8.11. The lowest BCUT2D eigenvalue weighted by molar-refractivity contribution is -0.120. The van der Waals surface area contributed by atoms with E-state index in [-0.39, 0.29) is 5.92 Å². The number of nitrogens with one attached hydrogen (secondary N) is 1. The number of rotatable bonds is 6. The first-order chi connectivity index (χ1) is 11.4. The number of ether oxygens (including phenoxy) is 1. The zero-order chi connectivity index (χ0) is 17.7. The average molecular weight is 349 g/mol. The van der Waals surface area contributed by atoms with Crippen molar-refractivity contribution in [2.45, 2.75) is 24.3 Å². The summed E-state index contributed by atoms with van der Waals surface area (Å²) in [5.41, 5.74) is 5.84. The number of carbonyl (C=O) groups is 2. The van der Waals surface area contributed by atoms with Crippen molar-refractivity contribution in [1.82, 2.24) is 20.1 Å². The number of thioether (sulfide) groups is 1. The Labute approximate surface area is 143 Å². The molecule has 0 fully saturated rings. The Morgan fingerprint density at radius 3 is 2.75 bits per heavy atom. The molecular weight excluding hydrogens is 330 g/mol. The van der Waals surface area contributed by atoms with Crippen molar-refractivity contribution in [1.29, 1.82) is 0 Å². The number of carbonyl (C=O) groups excluding carboxylic acids is 2. The summed E-state index contributed by atoms with van der Waals surface area (Å²) < 4.78 is 6.97. The second-order valence-corrected chi connectivity index (χ2v) is 6.43. The van der Waals surface area contributed by atoms with Gasteiger partial charge in [-0.1, -0.05) is 31.7 Å². The van der Waals surface area contributed by atoms with E-state index in [0.29, 0.717) is 10.9 Å². The van der Waals surface area contributed by atoms with Crippen molar-refractivity contribution >= 4 is 23.7 Å². The van der Waals surface area contributed by atoms with Gasteiger partial charge in [-0.25, -0.2) is 4.79 Å². The molecule has 0 radical (unpaired) electrons. The van der Waals surface area contributed by atoms with Crippen LogP contribution in [0.15, 0.2) is 35.7 Å². The van der Waals surface area contributed by atoms with E-state index in [2.05, 4.69) is 15.5 Å². The van der Waals surface area contributed by atoms with Crippen LogP contribution >= 0.6 is 11.8 Å². The van der Waals surface area contributed by atoms with Gasteiger partial charge in [0.25, 0.3) is 0 Å². The van der Waals surface area contributed by atoms with E-state index in [1.54, 1.807) is 18.0 Å². The van der Waals surface area contributed by atoms with Gasteiger partial charge in [0.05, 0.1) is 18.0 Å². The Bertz CT molecular complexity index is 731. The minimum absolute atomic E-state index is 0.0372. The van der Waals surface area contributed by atoms with Crippen molar-refractivity contribution in [2.24, 2.45) is 11.7 Å². The van der Waals surface area contributed by atoms with Crippen molar-refractivity contribution in [3.8, 4) is 11.4 Å². The highest BCUT2D eigenvalue weighted by Crippen LogP contribution is 2.29. The van der Waals surface area contributed by atoms with Crippen LogP contribution in [-0.4, -0.2) is 39.1 Å². The number of nitrogens with zero attached hydrogens (tertiary/aromatic N) is 3. The van der Waals surface area contributed by atoms with Gasteiger partial charge in [-0.2, -0.15) is 0 Å². The number of imide groups is 1. The fourth-order valence-corrected chi connectivity index (χ4v) is 3.07. The van der Waals surface area contributed by atoms with Gasteiger partial charge in [-0.05, 0) is 18.1 Å². The molecule has 0 aliphatic carbocycles. The molecule has 1 heterocycles. The number of amides is 3. The third-order valence-electron chi connectivity index (χ3n) is 3.19. The summed E-state index contributed by atoms with van der Waals surface area (Å²) in [5, 5.41) is 10.1. The van der Waals surface area contributed by atoms with Crippen LogP contribution in [-0.2, 0) is 4.79 Å². The van der Waals surface area contributed by atoms with Gasteiger partial charge in [0.15, 0.2) is 5.16 Å². The molecule has 2 aromatic rings. The number of benzene rings is 1. The fourth-order valence-electron chi connectivity index (χ4n) is 2.04. The number of hydrogen-bond donors (Lipinski definition) is 2. The molecule has 1 aromatic heterocycles. The average Bonchev–Trinajstić information content (AvgIpc) is 2.99. The highest BCUT2D eigenvalue weighted by molar-refractivity contribution is 8.00. The first kappa shape index (κ1) is 17.8. The summed E-state index contributed by atoms with van der Waals surface area (Å²) in [5.74, 6) is 0.205. The maximum absolute atomic E-state index is 12.2. The van der Waals surface area contributed by atoms with E-state index in [4.69, 9.17) is 10.5 Å². The molecule has 0 aliphatic rings. The van der Waals surface area contributed by atoms with E-state index in [1.807, 2.05) is 38.1 Å². The zero-order valence-corrected chi connectivity index (χ0v) is 14.4. The largest absolute Gasteiger partial charge is 0.497 e. The van der Waals surface area contributed by atoms with Gasteiger partial charge >= 0.3 is 6.03 Å². The fraction of sp³-hybridized carbons (Fsp3) is 0.333. The number of hydrogen-bond acceptors (Lipinski definition) is 6. The van der Waals surface area contributed by atoms with Gasteiger partial charge < -0.3 is 10.5 Å². The standard InChI is InChI=1S/C15H19N5O3S/c1-9(2)12(13(21)18-14(16)22)24-15-19-17-8-20(15)10-5-4-6-11(7-10)23-3/h4-9,12H,1-3H3,(H3,16,18,21,22). The summed E-state index contributed by atoms with van der Waals surface area (Å²) >= 11 is 1.22. The Hall–Kier alpha value is -2.55. The molecular formula is C15H19N5O3S. The molecule has 0 bridgehead atoms. The van der Waals surface area contributed by atoms with Crippen LogP contribution in [0, 0.1) is 5.92 Å². The molecule has 0 spiro atoms. The second kappa shape index (κ2) is 7.82. The lowest BCUT2D eigenvalue weighted by Gasteiger charge is -2.18. The molecule has 2 rings (SSSR count). The predicted octanol–water partition coefficient (Wildman–Crippen LogP) is 1.59. The van der Waals surface area contributed by atoms with E-state index in [0.717, 1.165) is 5.69 Å². The Kier molecular flexibility index (Phi) is 5.80.